The molecule has 4 rings (SSSR count). The van der Waals surface area contributed by atoms with Crippen LogP contribution in [0.2, 0.25) is 0 Å². The van der Waals surface area contributed by atoms with Gasteiger partial charge in [0.25, 0.3) is 0 Å². The van der Waals surface area contributed by atoms with Crippen molar-refractivity contribution in [1.82, 2.24) is 14.5 Å². The molecule has 32 heavy (non-hydrogen) atoms. The molecular weight excluding hydrogens is 466 g/mol. The third kappa shape index (κ3) is 4.70. The van der Waals surface area contributed by atoms with Crippen LogP contribution in [0.3, 0.4) is 0 Å². The molecule has 0 radical (unpaired) electrons. The molecule has 2 aromatic heterocycles. The lowest BCUT2D eigenvalue weighted by atomic mass is 10.2. The Kier molecular flexibility index (Phi) is 6.33. The highest BCUT2D eigenvalue weighted by Gasteiger charge is 2.21. The van der Waals surface area contributed by atoms with E-state index in [4.69, 9.17) is 5.14 Å². The summed E-state index contributed by atoms with van der Waals surface area (Å²) in [5, 5.41) is 10.7. The number of benzene rings is 2. The van der Waals surface area contributed by atoms with Crippen molar-refractivity contribution >= 4 is 55.2 Å². The van der Waals surface area contributed by atoms with Crippen molar-refractivity contribution in [2.24, 2.45) is 5.14 Å². The van der Waals surface area contributed by atoms with Crippen LogP contribution in [0.25, 0.3) is 22.3 Å². The van der Waals surface area contributed by atoms with Crippen molar-refractivity contribution < 1.29 is 13.2 Å². The van der Waals surface area contributed by atoms with Crippen molar-refractivity contribution in [3.63, 3.8) is 0 Å². The van der Waals surface area contributed by atoms with Crippen LogP contribution in [0.5, 0.6) is 0 Å². The number of hydrogen-bond donors (Lipinski definition) is 2. The number of carbonyl (C=O) groups is 1. The Hall–Kier alpha value is -2.73. The molecule has 1 atom stereocenters. The molecule has 0 aliphatic heterocycles. The summed E-state index contributed by atoms with van der Waals surface area (Å²) in [7, 11) is -3.82. The SMILES string of the molecule is CCn1c(S[C@@H](C)C(=O)Nc2nc(-c3ccccc3)cs2)nc2cc(S(N)(=O)=O)ccc21. The second kappa shape index (κ2) is 9.02. The number of sulfonamides is 1. The number of nitrogens with one attached hydrogen (secondary N) is 1. The first-order valence-corrected chi connectivity index (χ1v) is 13.1. The van der Waals surface area contributed by atoms with Crippen molar-refractivity contribution in [1.29, 1.82) is 0 Å². The van der Waals surface area contributed by atoms with E-state index in [0.717, 1.165) is 16.8 Å². The molecule has 0 fully saturated rings. The van der Waals surface area contributed by atoms with E-state index in [0.29, 0.717) is 22.3 Å². The van der Waals surface area contributed by atoms with Crippen molar-refractivity contribution in [3.8, 4) is 11.3 Å². The summed E-state index contributed by atoms with van der Waals surface area (Å²) in [5.74, 6) is -0.191. The van der Waals surface area contributed by atoms with Crippen LogP contribution in [0, 0.1) is 0 Å². The maximum Gasteiger partial charge on any atom is 0.239 e. The molecule has 0 spiro atoms. The molecule has 0 aliphatic rings. The highest BCUT2D eigenvalue weighted by molar-refractivity contribution is 8.00. The Balaban J connectivity index is 1.51. The summed E-state index contributed by atoms with van der Waals surface area (Å²) in [5.41, 5.74) is 3.09. The van der Waals surface area contributed by atoms with Crippen molar-refractivity contribution in [2.45, 2.75) is 35.7 Å². The number of carbonyl (C=O) groups excluding carboxylic acids is 1. The van der Waals surface area contributed by atoms with E-state index in [1.165, 1.54) is 35.2 Å². The van der Waals surface area contributed by atoms with Gasteiger partial charge in [-0.25, -0.2) is 23.5 Å². The minimum atomic E-state index is -3.82. The van der Waals surface area contributed by atoms with Gasteiger partial charge >= 0.3 is 0 Å². The number of primary sulfonamides is 1. The number of anilines is 1. The molecule has 0 bridgehead atoms. The molecule has 0 aliphatic carbocycles. The molecule has 2 aromatic carbocycles. The molecular formula is C21H21N5O3S3. The molecule has 0 saturated heterocycles. The lowest BCUT2D eigenvalue weighted by molar-refractivity contribution is -0.115. The zero-order valence-corrected chi connectivity index (χ0v) is 19.8. The first-order chi connectivity index (χ1) is 15.3. The van der Waals surface area contributed by atoms with E-state index in [1.54, 1.807) is 13.0 Å². The van der Waals surface area contributed by atoms with Crippen LogP contribution in [0.15, 0.2) is 64.0 Å². The Morgan fingerprint density at radius 3 is 2.66 bits per heavy atom. The molecule has 0 saturated carbocycles. The Labute approximate surface area is 193 Å². The first-order valence-electron chi connectivity index (χ1n) is 9.78. The quantitative estimate of drug-likeness (QED) is 0.381. The maximum absolute atomic E-state index is 12.8. The number of thiazole rings is 1. The fourth-order valence-electron chi connectivity index (χ4n) is 3.15. The predicted molar refractivity (Wildman–Crippen MR) is 128 cm³/mol. The minimum Gasteiger partial charge on any atom is -0.319 e. The van der Waals surface area contributed by atoms with E-state index in [2.05, 4.69) is 15.3 Å². The minimum absolute atomic E-state index is 0.00563. The van der Waals surface area contributed by atoms with Crippen LogP contribution < -0.4 is 10.5 Å². The highest BCUT2D eigenvalue weighted by atomic mass is 32.2. The number of amides is 1. The summed E-state index contributed by atoms with van der Waals surface area (Å²) in [4.78, 5) is 21.8. The molecule has 2 heterocycles. The number of nitrogens with two attached hydrogens (primary N) is 1. The van der Waals surface area contributed by atoms with Gasteiger partial charge in [-0.1, -0.05) is 42.1 Å². The third-order valence-electron chi connectivity index (χ3n) is 4.78. The number of hydrogen-bond acceptors (Lipinski definition) is 7. The van der Waals surface area contributed by atoms with Gasteiger partial charge in [-0.15, -0.1) is 11.3 Å². The van der Waals surface area contributed by atoms with E-state index < -0.39 is 15.3 Å². The van der Waals surface area contributed by atoms with Gasteiger partial charge in [-0.2, -0.15) is 0 Å². The number of imidazole rings is 1. The monoisotopic (exact) mass is 487 g/mol. The molecule has 166 valence electrons. The number of nitrogens with zero attached hydrogens (tertiary/aromatic N) is 3. The van der Waals surface area contributed by atoms with Gasteiger partial charge in [-0.05, 0) is 32.0 Å². The average molecular weight is 488 g/mol. The average Bonchev–Trinajstić information content (AvgIpc) is 3.37. The second-order valence-electron chi connectivity index (χ2n) is 6.99. The standard InChI is InChI=1S/C21H21N5O3S3/c1-3-26-18-10-9-15(32(22,28)29)11-16(18)24-21(26)31-13(2)19(27)25-20-23-17(12-30-20)14-7-5-4-6-8-14/h4-13H,3H2,1-2H3,(H2,22,28,29)(H,23,25,27)/t13-/m0/s1. The fraction of sp³-hybridized carbons (Fsp3) is 0.190. The molecule has 4 aromatic rings. The Morgan fingerprint density at radius 2 is 1.97 bits per heavy atom. The van der Waals surface area contributed by atoms with Crippen LogP contribution >= 0.6 is 23.1 Å². The molecule has 0 unspecified atom stereocenters. The second-order valence-corrected chi connectivity index (χ2v) is 10.7. The summed E-state index contributed by atoms with van der Waals surface area (Å²) in [6.07, 6.45) is 0. The van der Waals surface area contributed by atoms with Crippen LogP contribution in [0.1, 0.15) is 13.8 Å². The lowest BCUT2D eigenvalue weighted by Gasteiger charge is -2.11. The first kappa shape index (κ1) is 22.5. The van der Waals surface area contributed by atoms with Crippen LogP contribution in [0.4, 0.5) is 5.13 Å². The van der Waals surface area contributed by atoms with Crippen molar-refractivity contribution in [3.05, 3.63) is 53.9 Å². The maximum atomic E-state index is 12.8. The van der Waals surface area contributed by atoms with Gasteiger partial charge in [0.1, 0.15) is 0 Å². The summed E-state index contributed by atoms with van der Waals surface area (Å²) < 4.78 is 25.2. The molecule has 11 heteroatoms. The Bertz CT molecular complexity index is 1380. The normalized spacial score (nSPS) is 12.7. The zero-order chi connectivity index (χ0) is 22.9. The zero-order valence-electron chi connectivity index (χ0n) is 17.3. The highest BCUT2D eigenvalue weighted by Crippen LogP contribution is 2.30. The van der Waals surface area contributed by atoms with Gasteiger partial charge < -0.3 is 9.88 Å². The van der Waals surface area contributed by atoms with Crippen LogP contribution in [-0.2, 0) is 21.4 Å². The van der Waals surface area contributed by atoms with Crippen LogP contribution in [-0.4, -0.2) is 34.1 Å². The number of rotatable bonds is 7. The number of aromatic nitrogens is 3. The summed E-state index contributed by atoms with van der Waals surface area (Å²) in [6, 6.07) is 14.4. The molecule has 1 amide bonds. The third-order valence-corrected chi connectivity index (χ3v) is 7.54. The summed E-state index contributed by atoms with van der Waals surface area (Å²) in [6.45, 7) is 4.37. The van der Waals surface area contributed by atoms with E-state index in [1.807, 2.05) is 47.2 Å². The summed E-state index contributed by atoms with van der Waals surface area (Å²) >= 11 is 2.67. The van der Waals surface area contributed by atoms with Crippen molar-refractivity contribution in [2.75, 3.05) is 5.32 Å². The van der Waals surface area contributed by atoms with Gasteiger partial charge in [0, 0.05) is 17.5 Å². The number of aryl methyl sites for hydroxylation is 1. The smallest absolute Gasteiger partial charge is 0.239 e. The molecule has 8 nitrogen and oxygen atoms in total. The van der Waals surface area contributed by atoms with Gasteiger partial charge in [-0.3, -0.25) is 4.79 Å². The number of thioether (sulfide) groups is 1. The van der Waals surface area contributed by atoms with E-state index in [9.17, 15) is 13.2 Å². The Morgan fingerprint density at radius 1 is 1.22 bits per heavy atom. The molecule has 3 N–H and O–H groups in total. The fourth-order valence-corrected chi connectivity index (χ4v) is 5.40. The van der Waals surface area contributed by atoms with E-state index >= 15 is 0 Å². The number of fused-ring (bicyclic) bond motifs is 1. The van der Waals surface area contributed by atoms with E-state index in [-0.39, 0.29) is 10.8 Å². The van der Waals surface area contributed by atoms with Gasteiger partial charge in [0.2, 0.25) is 15.9 Å². The van der Waals surface area contributed by atoms with Gasteiger partial charge in [0.05, 0.1) is 26.9 Å². The topological polar surface area (TPSA) is 120 Å². The van der Waals surface area contributed by atoms with Gasteiger partial charge in [0.15, 0.2) is 10.3 Å². The predicted octanol–water partition coefficient (Wildman–Crippen LogP) is 3.95. The largest absolute Gasteiger partial charge is 0.319 e. The lowest BCUT2D eigenvalue weighted by Crippen LogP contribution is -2.22.